The van der Waals surface area contributed by atoms with Crippen molar-refractivity contribution in [3.8, 4) is 0 Å². The number of aromatic amines is 1. The normalized spacial score (nSPS) is 11.2. The quantitative estimate of drug-likeness (QED) is 0.859. The number of alkyl halides is 1. The zero-order valence-corrected chi connectivity index (χ0v) is 11.2. The van der Waals surface area contributed by atoms with Crippen LogP contribution in [0.4, 0.5) is 0 Å². The average Bonchev–Trinajstić information content (AvgIpc) is 2.27. The Balaban J connectivity index is 2.99. The Morgan fingerprint density at radius 2 is 2.19 bits per heavy atom. The first-order valence-corrected chi connectivity index (χ1v) is 6.03. The van der Waals surface area contributed by atoms with Gasteiger partial charge in [0.1, 0.15) is 0 Å². The van der Waals surface area contributed by atoms with Crippen molar-refractivity contribution in [2.75, 3.05) is 12.4 Å². The number of rotatable bonds is 3. The number of halogens is 1. The molecule has 0 aliphatic rings. The number of nitrogens with one attached hydrogen (secondary N) is 1. The maximum Gasteiger partial charge on any atom is 0.254 e. The van der Waals surface area contributed by atoms with E-state index in [0.717, 1.165) is 0 Å². The first kappa shape index (κ1) is 13.0. The van der Waals surface area contributed by atoms with Gasteiger partial charge in [-0.15, -0.1) is 0 Å². The molecule has 1 rings (SSSR count). The minimum Gasteiger partial charge on any atom is -0.336 e. The van der Waals surface area contributed by atoms with Gasteiger partial charge in [-0.3, -0.25) is 9.59 Å². The van der Waals surface area contributed by atoms with Crippen LogP contribution in [0.15, 0.2) is 23.1 Å². The first-order valence-electron chi connectivity index (χ1n) is 4.91. The van der Waals surface area contributed by atoms with Gasteiger partial charge in [-0.1, -0.05) is 15.9 Å². The van der Waals surface area contributed by atoms with Gasteiger partial charge >= 0.3 is 0 Å². The van der Waals surface area contributed by atoms with Gasteiger partial charge in [-0.25, -0.2) is 0 Å². The minimum atomic E-state index is -0.292. The van der Waals surface area contributed by atoms with Crippen LogP contribution in [0.3, 0.4) is 0 Å². The number of nitrogens with zero attached hydrogens (tertiary/aromatic N) is 1. The average molecular weight is 287 g/mol. The van der Waals surface area contributed by atoms with Gasteiger partial charge < -0.3 is 9.88 Å². The van der Waals surface area contributed by atoms with Gasteiger partial charge in [0.15, 0.2) is 0 Å². The van der Waals surface area contributed by atoms with Crippen LogP contribution >= 0.6 is 15.9 Å². The molecule has 5 heteroatoms. The Morgan fingerprint density at radius 1 is 1.56 bits per heavy atom. The molecule has 1 heterocycles. The number of pyridine rings is 1. The van der Waals surface area contributed by atoms with E-state index in [1.807, 2.05) is 13.8 Å². The topological polar surface area (TPSA) is 53.2 Å². The standard InChI is InChI=1S/C11H15BrN2O2/c1-11(2,7-12)14(3)10(16)8-4-5-13-9(15)6-8/h4-6H,7H2,1-3H3,(H,13,15). The third-order valence-electron chi connectivity index (χ3n) is 2.56. The first-order chi connectivity index (χ1) is 7.38. The van der Waals surface area contributed by atoms with Crippen LogP contribution in [0.2, 0.25) is 0 Å². The molecule has 1 N–H and O–H groups in total. The van der Waals surface area contributed by atoms with Gasteiger partial charge in [-0.2, -0.15) is 0 Å². The van der Waals surface area contributed by atoms with Crippen molar-refractivity contribution in [1.29, 1.82) is 0 Å². The number of carbonyl (C=O) groups is 1. The van der Waals surface area contributed by atoms with E-state index in [9.17, 15) is 9.59 Å². The second kappa shape index (κ2) is 4.82. The highest BCUT2D eigenvalue weighted by Crippen LogP contribution is 2.17. The van der Waals surface area contributed by atoms with E-state index in [1.54, 1.807) is 18.0 Å². The number of hydrogen-bond donors (Lipinski definition) is 1. The number of aromatic nitrogens is 1. The summed E-state index contributed by atoms with van der Waals surface area (Å²) in [7, 11) is 1.73. The van der Waals surface area contributed by atoms with Crippen molar-refractivity contribution in [2.24, 2.45) is 0 Å². The zero-order chi connectivity index (χ0) is 12.3. The Labute approximate surface area is 103 Å². The van der Waals surface area contributed by atoms with Crippen molar-refractivity contribution in [2.45, 2.75) is 19.4 Å². The molecule has 0 fully saturated rings. The van der Waals surface area contributed by atoms with Crippen LogP contribution in [0, 0.1) is 0 Å². The molecule has 1 aromatic rings. The lowest BCUT2D eigenvalue weighted by molar-refractivity contribution is 0.0663. The summed E-state index contributed by atoms with van der Waals surface area (Å²) in [5, 5.41) is 0.672. The molecule has 0 unspecified atom stereocenters. The Hall–Kier alpha value is -1.10. The maximum absolute atomic E-state index is 12.1. The lowest BCUT2D eigenvalue weighted by Gasteiger charge is -2.34. The SMILES string of the molecule is CN(C(=O)c1cc[nH]c(=O)c1)C(C)(C)CBr. The summed E-state index contributed by atoms with van der Waals surface area (Å²) in [6, 6.07) is 2.91. The molecule has 0 saturated heterocycles. The van der Waals surface area contributed by atoms with E-state index in [-0.39, 0.29) is 17.0 Å². The van der Waals surface area contributed by atoms with Crippen molar-refractivity contribution in [3.05, 3.63) is 34.2 Å². The Bertz CT molecular complexity index is 440. The summed E-state index contributed by atoms with van der Waals surface area (Å²) in [5.74, 6) is -0.157. The second-order valence-corrected chi connectivity index (χ2v) is 4.81. The van der Waals surface area contributed by atoms with E-state index in [2.05, 4.69) is 20.9 Å². The molecule has 1 amide bonds. The van der Waals surface area contributed by atoms with Gasteiger partial charge in [-0.05, 0) is 19.9 Å². The molecular formula is C11H15BrN2O2. The molecular weight excluding hydrogens is 272 g/mol. The molecule has 0 aromatic carbocycles. The summed E-state index contributed by atoms with van der Waals surface area (Å²) < 4.78 is 0. The molecule has 16 heavy (non-hydrogen) atoms. The summed E-state index contributed by atoms with van der Waals surface area (Å²) in [5.41, 5.74) is -0.157. The molecule has 0 aliphatic carbocycles. The van der Waals surface area contributed by atoms with E-state index in [1.165, 1.54) is 12.3 Å². The molecule has 4 nitrogen and oxygen atoms in total. The van der Waals surface area contributed by atoms with Crippen LogP contribution in [0.5, 0.6) is 0 Å². The van der Waals surface area contributed by atoms with Crippen LogP contribution in [0.1, 0.15) is 24.2 Å². The molecule has 88 valence electrons. The summed E-state index contributed by atoms with van der Waals surface area (Å²) in [4.78, 5) is 27.3. The predicted molar refractivity (Wildman–Crippen MR) is 67.0 cm³/mol. The summed E-state index contributed by atoms with van der Waals surface area (Å²) >= 11 is 3.37. The fourth-order valence-electron chi connectivity index (χ4n) is 1.14. The summed E-state index contributed by atoms with van der Waals surface area (Å²) in [6.07, 6.45) is 1.48. The molecule has 0 radical (unpaired) electrons. The van der Waals surface area contributed by atoms with Crippen LogP contribution in [-0.4, -0.2) is 33.7 Å². The van der Waals surface area contributed by atoms with Gasteiger partial charge in [0.2, 0.25) is 5.56 Å². The Morgan fingerprint density at radius 3 is 2.69 bits per heavy atom. The van der Waals surface area contributed by atoms with Gasteiger partial charge in [0, 0.05) is 35.7 Å². The van der Waals surface area contributed by atoms with Crippen molar-refractivity contribution >= 4 is 21.8 Å². The van der Waals surface area contributed by atoms with Crippen LogP contribution in [-0.2, 0) is 0 Å². The van der Waals surface area contributed by atoms with Crippen molar-refractivity contribution < 1.29 is 4.79 Å². The third-order valence-corrected chi connectivity index (χ3v) is 3.93. The molecule has 0 bridgehead atoms. The fraction of sp³-hybridized carbons (Fsp3) is 0.455. The molecule has 0 aliphatic heterocycles. The molecule has 0 spiro atoms. The zero-order valence-electron chi connectivity index (χ0n) is 9.58. The predicted octanol–water partition coefficient (Wildman–Crippen LogP) is 1.62. The van der Waals surface area contributed by atoms with Crippen LogP contribution < -0.4 is 5.56 Å². The lowest BCUT2D eigenvalue weighted by atomic mass is 10.1. The molecule has 1 aromatic heterocycles. The number of H-pyrrole nitrogens is 1. The summed E-state index contributed by atoms with van der Waals surface area (Å²) in [6.45, 7) is 3.90. The largest absolute Gasteiger partial charge is 0.336 e. The lowest BCUT2D eigenvalue weighted by Crippen LogP contribution is -2.46. The van der Waals surface area contributed by atoms with Crippen LogP contribution in [0.25, 0.3) is 0 Å². The second-order valence-electron chi connectivity index (χ2n) is 4.25. The van der Waals surface area contributed by atoms with E-state index in [4.69, 9.17) is 0 Å². The van der Waals surface area contributed by atoms with E-state index in [0.29, 0.717) is 10.9 Å². The van der Waals surface area contributed by atoms with Gasteiger partial charge in [0.25, 0.3) is 5.91 Å². The highest BCUT2D eigenvalue weighted by molar-refractivity contribution is 9.09. The highest BCUT2D eigenvalue weighted by atomic mass is 79.9. The third kappa shape index (κ3) is 2.72. The van der Waals surface area contributed by atoms with Crippen molar-refractivity contribution in [3.63, 3.8) is 0 Å². The minimum absolute atomic E-state index is 0.157. The van der Waals surface area contributed by atoms with E-state index >= 15 is 0 Å². The number of carbonyl (C=O) groups excluding carboxylic acids is 1. The van der Waals surface area contributed by atoms with E-state index < -0.39 is 0 Å². The monoisotopic (exact) mass is 286 g/mol. The molecule has 0 atom stereocenters. The fourth-order valence-corrected chi connectivity index (χ4v) is 1.51. The van der Waals surface area contributed by atoms with Crippen molar-refractivity contribution in [1.82, 2.24) is 9.88 Å². The smallest absolute Gasteiger partial charge is 0.254 e. The number of amides is 1. The number of hydrogen-bond acceptors (Lipinski definition) is 2. The van der Waals surface area contributed by atoms with Gasteiger partial charge in [0.05, 0.1) is 0 Å². The Kier molecular flexibility index (Phi) is 3.91. The maximum atomic E-state index is 12.1. The molecule has 0 saturated carbocycles. The highest BCUT2D eigenvalue weighted by Gasteiger charge is 2.27.